The summed E-state index contributed by atoms with van der Waals surface area (Å²) in [7, 11) is 2.04. The summed E-state index contributed by atoms with van der Waals surface area (Å²) in [4.78, 5) is 6.65. The maximum atomic E-state index is 6.40. The van der Waals surface area contributed by atoms with Gasteiger partial charge in [0.1, 0.15) is 5.82 Å². The van der Waals surface area contributed by atoms with Crippen molar-refractivity contribution in [2.24, 2.45) is 0 Å². The van der Waals surface area contributed by atoms with E-state index in [9.17, 15) is 0 Å². The SMILES string of the molecule is CN(CC1CCCCO1)c1ncc(CNC2CC2)cc1Cl. The average molecular weight is 310 g/mol. The summed E-state index contributed by atoms with van der Waals surface area (Å²) >= 11 is 6.40. The van der Waals surface area contributed by atoms with Crippen LogP contribution >= 0.6 is 11.6 Å². The van der Waals surface area contributed by atoms with Crippen LogP contribution in [0.1, 0.15) is 37.7 Å². The molecular weight excluding hydrogens is 286 g/mol. The lowest BCUT2D eigenvalue weighted by molar-refractivity contribution is 0.0215. The summed E-state index contributed by atoms with van der Waals surface area (Å²) in [6.07, 6.45) is 8.39. The molecule has 0 bridgehead atoms. The van der Waals surface area contributed by atoms with Crippen LogP contribution in [0.5, 0.6) is 0 Å². The Morgan fingerprint density at radius 3 is 2.90 bits per heavy atom. The van der Waals surface area contributed by atoms with E-state index in [1.165, 1.54) is 25.7 Å². The zero-order chi connectivity index (χ0) is 14.7. The quantitative estimate of drug-likeness (QED) is 0.876. The van der Waals surface area contributed by atoms with Crippen molar-refractivity contribution in [3.05, 3.63) is 22.8 Å². The minimum Gasteiger partial charge on any atom is -0.376 e. The molecule has 0 aromatic carbocycles. The van der Waals surface area contributed by atoms with E-state index in [0.29, 0.717) is 12.1 Å². The van der Waals surface area contributed by atoms with Crippen molar-refractivity contribution < 1.29 is 4.74 Å². The molecule has 1 unspecified atom stereocenters. The van der Waals surface area contributed by atoms with Gasteiger partial charge in [-0.2, -0.15) is 0 Å². The first-order chi connectivity index (χ1) is 10.2. The van der Waals surface area contributed by atoms with Crippen molar-refractivity contribution in [2.45, 2.75) is 50.8 Å². The predicted octanol–water partition coefficient (Wildman–Crippen LogP) is 2.99. The van der Waals surface area contributed by atoms with Crippen LogP contribution in [-0.4, -0.2) is 37.3 Å². The van der Waals surface area contributed by atoms with E-state index in [-0.39, 0.29) is 0 Å². The summed E-state index contributed by atoms with van der Waals surface area (Å²) in [5.74, 6) is 0.848. The van der Waals surface area contributed by atoms with Crippen LogP contribution < -0.4 is 10.2 Å². The Kier molecular flexibility index (Phi) is 4.99. The van der Waals surface area contributed by atoms with Crippen LogP contribution in [0, 0.1) is 0 Å². The van der Waals surface area contributed by atoms with E-state index < -0.39 is 0 Å². The van der Waals surface area contributed by atoms with Gasteiger partial charge in [-0.05, 0) is 43.7 Å². The number of rotatable bonds is 6. The van der Waals surface area contributed by atoms with Gasteiger partial charge in [-0.3, -0.25) is 0 Å². The van der Waals surface area contributed by atoms with E-state index in [2.05, 4.69) is 15.2 Å². The fourth-order valence-corrected chi connectivity index (χ4v) is 3.07. The lowest BCUT2D eigenvalue weighted by Gasteiger charge is -2.28. The van der Waals surface area contributed by atoms with Gasteiger partial charge in [-0.25, -0.2) is 4.98 Å². The van der Waals surface area contributed by atoms with E-state index in [1.807, 2.05) is 19.3 Å². The highest BCUT2D eigenvalue weighted by molar-refractivity contribution is 6.33. The Bertz CT molecular complexity index is 473. The molecule has 1 aliphatic heterocycles. The molecule has 21 heavy (non-hydrogen) atoms. The third-order valence-electron chi connectivity index (χ3n) is 4.16. The van der Waals surface area contributed by atoms with Crippen LogP contribution in [0.4, 0.5) is 5.82 Å². The number of halogens is 1. The van der Waals surface area contributed by atoms with Crippen molar-refractivity contribution in [1.29, 1.82) is 0 Å². The van der Waals surface area contributed by atoms with Crippen molar-refractivity contribution in [3.8, 4) is 0 Å². The fraction of sp³-hybridized carbons (Fsp3) is 0.688. The van der Waals surface area contributed by atoms with E-state index in [1.54, 1.807) is 0 Å². The van der Waals surface area contributed by atoms with Gasteiger partial charge in [-0.15, -0.1) is 0 Å². The van der Waals surface area contributed by atoms with Gasteiger partial charge in [0.2, 0.25) is 0 Å². The first kappa shape index (κ1) is 15.1. The van der Waals surface area contributed by atoms with Crippen molar-refractivity contribution in [2.75, 3.05) is 25.1 Å². The molecule has 0 radical (unpaired) electrons. The number of hydrogen-bond donors (Lipinski definition) is 1. The highest BCUT2D eigenvalue weighted by Gasteiger charge is 2.21. The lowest BCUT2D eigenvalue weighted by atomic mass is 10.1. The molecule has 0 spiro atoms. The maximum absolute atomic E-state index is 6.40. The normalized spacial score (nSPS) is 22.3. The largest absolute Gasteiger partial charge is 0.376 e. The second kappa shape index (κ2) is 6.95. The number of anilines is 1. The molecule has 1 saturated heterocycles. The first-order valence-electron chi connectivity index (χ1n) is 7.93. The number of likely N-dealkylation sites (N-methyl/N-ethyl adjacent to an activating group) is 1. The lowest BCUT2D eigenvalue weighted by Crippen LogP contribution is -2.34. The number of nitrogens with one attached hydrogen (secondary N) is 1. The van der Waals surface area contributed by atoms with Gasteiger partial charge in [0.05, 0.1) is 11.1 Å². The van der Waals surface area contributed by atoms with Crippen LogP contribution in [0.3, 0.4) is 0 Å². The molecule has 2 fully saturated rings. The van der Waals surface area contributed by atoms with Gasteiger partial charge >= 0.3 is 0 Å². The minimum atomic E-state index is 0.304. The summed E-state index contributed by atoms with van der Waals surface area (Å²) in [5.41, 5.74) is 1.15. The third kappa shape index (κ3) is 4.31. The highest BCUT2D eigenvalue weighted by atomic mass is 35.5. The number of pyridine rings is 1. The van der Waals surface area contributed by atoms with Crippen LogP contribution in [0.2, 0.25) is 5.02 Å². The average Bonchev–Trinajstić information content (AvgIpc) is 3.30. The number of aromatic nitrogens is 1. The molecule has 1 aliphatic carbocycles. The molecule has 1 atom stereocenters. The monoisotopic (exact) mass is 309 g/mol. The molecule has 3 rings (SSSR count). The van der Waals surface area contributed by atoms with Crippen molar-refractivity contribution >= 4 is 17.4 Å². The minimum absolute atomic E-state index is 0.304. The number of nitrogens with zero attached hydrogens (tertiary/aromatic N) is 2. The molecule has 1 aromatic heterocycles. The fourth-order valence-electron chi connectivity index (χ4n) is 2.74. The van der Waals surface area contributed by atoms with Crippen molar-refractivity contribution in [1.82, 2.24) is 10.3 Å². The maximum Gasteiger partial charge on any atom is 0.147 e. The Balaban J connectivity index is 1.57. The molecule has 5 heteroatoms. The Morgan fingerprint density at radius 1 is 1.38 bits per heavy atom. The third-order valence-corrected chi connectivity index (χ3v) is 4.44. The standard InChI is InChI=1S/C16H24ClN3O/c1-20(11-14-4-2-3-7-21-14)16-15(17)8-12(10-19-16)9-18-13-5-6-13/h8,10,13-14,18H,2-7,9,11H2,1H3. The highest BCUT2D eigenvalue weighted by Crippen LogP contribution is 2.25. The predicted molar refractivity (Wildman–Crippen MR) is 86.0 cm³/mol. The molecule has 1 aromatic rings. The van der Waals surface area contributed by atoms with Crippen LogP contribution in [0.25, 0.3) is 0 Å². The molecule has 2 aliphatic rings. The second-order valence-corrected chi connectivity index (χ2v) is 6.58. The van der Waals surface area contributed by atoms with Gasteiger partial charge in [0.25, 0.3) is 0 Å². The number of hydrogen-bond acceptors (Lipinski definition) is 4. The molecule has 2 heterocycles. The smallest absolute Gasteiger partial charge is 0.147 e. The van der Waals surface area contributed by atoms with Crippen LogP contribution in [0.15, 0.2) is 12.3 Å². The van der Waals surface area contributed by atoms with E-state index in [4.69, 9.17) is 16.3 Å². The molecule has 1 N–H and O–H groups in total. The Labute approximate surface area is 131 Å². The van der Waals surface area contributed by atoms with E-state index in [0.717, 1.165) is 42.5 Å². The molecule has 0 amide bonds. The Morgan fingerprint density at radius 2 is 2.24 bits per heavy atom. The summed E-state index contributed by atoms with van der Waals surface area (Å²) in [6.45, 7) is 2.59. The number of ether oxygens (including phenoxy) is 1. The van der Waals surface area contributed by atoms with Gasteiger partial charge in [0, 0.05) is 39.0 Å². The van der Waals surface area contributed by atoms with Gasteiger partial charge < -0.3 is 15.0 Å². The van der Waals surface area contributed by atoms with E-state index >= 15 is 0 Å². The van der Waals surface area contributed by atoms with Crippen LogP contribution in [-0.2, 0) is 11.3 Å². The molecule has 4 nitrogen and oxygen atoms in total. The second-order valence-electron chi connectivity index (χ2n) is 6.17. The summed E-state index contributed by atoms with van der Waals surface area (Å²) < 4.78 is 5.78. The molecule has 116 valence electrons. The summed E-state index contributed by atoms with van der Waals surface area (Å²) in [5, 5.41) is 4.21. The first-order valence-corrected chi connectivity index (χ1v) is 8.30. The van der Waals surface area contributed by atoms with Gasteiger partial charge in [-0.1, -0.05) is 11.6 Å². The van der Waals surface area contributed by atoms with Crippen molar-refractivity contribution in [3.63, 3.8) is 0 Å². The zero-order valence-corrected chi connectivity index (χ0v) is 13.4. The Hall–Kier alpha value is -0.840. The topological polar surface area (TPSA) is 37.4 Å². The van der Waals surface area contributed by atoms with Gasteiger partial charge in [0.15, 0.2) is 0 Å². The summed E-state index contributed by atoms with van der Waals surface area (Å²) in [6, 6.07) is 2.73. The molecule has 1 saturated carbocycles. The zero-order valence-electron chi connectivity index (χ0n) is 12.6. The molecular formula is C16H24ClN3O.